The topological polar surface area (TPSA) is 728 Å². The molecule has 52 nitrogen and oxygen atoms in total. The standard InChI is InChI=1S/C89H132F2N12O40S/c1-5-140-78(122)15-9-58(106)66-38-54-65(144-66)39-64(131-4)87(80(54)90)142-20-6-19-141-86-63(130-3)37-53-47-102(48-55(53)81(86)91)75(119)14-16-79(123)143-52(2)40-93-67(111)10-8-57(101-74(118)49-103-76(120)12-13-77(103)121)89(129)99-46-73(117)97-45-72(116)96-44-71(115)95-43-70(114)92-18-22-133-24-26-135-28-30-137-32-34-139-36-35-138-33-31-136-29-27-134-25-23-132-21-17-69(113)100-56(88(128)98-42-60(108)83(125)85(127)62(110)51-105)7-11-68(112)94-41-59(107)82(124)84(126)61(109)50-104/h37-39,52,56-57,59-62,82-84,104-105,107-110,124-126H,5-36,40-51H2,1-4H3,(H,92,114)(H,93,111)(H,94,112)(H,95,115)(H,96,116)(H,97,117)(H,98,128)(H,99,129)(H,100,113)(H,101,118)/t52-,56-,57-,59-,60-,61+,62+,82+,83+,84+/m0/s1/i12T/t12?,52-,56-,57-,59-,60-,61+,62+,82+,83+,84+. The molecule has 1 saturated heterocycles. The zero-order valence-corrected chi connectivity index (χ0v) is 81.0. The van der Waals surface area contributed by atoms with Gasteiger partial charge in [-0.3, -0.25) is 86.4 Å². The van der Waals surface area contributed by atoms with Gasteiger partial charge in [0.1, 0.15) is 61.4 Å². The first-order valence-corrected chi connectivity index (χ1v) is 46.9. The van der Waals surface area contributed by atoms with Gasteiger partial charge in [-0.15, -0.1) is 11.3 Å². The van der Waals surface area contributed by atoms with Crippen LogP contribution in [0.15, 0.2) is 18.2 Å². The number of fused-ring (bicyclic) bond motifs is 2. The number of hydrogen-bond acceptors (Lipinski definition) is 41. The van der Waals surface area contributed by atoms with E-state index in [2.05, 4.69) is 53.2 Å². The summed E-state index contributed by atoms with van der Waals surface area (Å²) in [6.45, 7) is -1.04. The highest BCUT2D eigenvalue weighted by Crippen LogP contribution is 2.42. The maximum absolute atomic E-state index is 16.2. The van der Waals surface area contributed by atoms with Crippen molar-refractivity contribution in [3.63, 3.8) is 0 Å². The zero-order valence-electron chi connectivity index (χ0n) is 81.2. The zero-order chi connectivity index (χ0) is 107. The minimum atomic E-state index is -2.21. The third kappa shape index (κ3) is 46.2. The lowest BCUT2D eigenvalue weighted by Crippen LogP contribution is -2.52. The number of aliphatic hydroxyl groups excluding tert-OH is 9. The molecule has 0 aliphatic carbocycles. The van der Waals surface area contributed by atoms with Crippen LogP contribution in [0.2, 0.25) is 0 Å². The number of nitrogens with one attached hydrogen (secondary N) is 10. The maximum atomic E-state index is 16.2. The van der Waals surface area contributed by atoms with Crippen LogP contribution in [-0.4, -0.2) is 429 Å². The lowest BCUT2D eigenvalue weighted by atomic mass is 10.0. The van der Waals surface area contributed by atoms with E-state index in [1.165, 1.54) is 44.2 Å². The van der Waals surface area contributed by atoms with E-state index in [0.717, 1.165) is 11.3 Å². The van der Waals surface area contributed by atoms with Crippen molar-refractivity contribution in [1.82, 2.24) is 63.0 Å². The van der Waals surface area contributed by atoms with Crippen LogP contribution in [0.1, 0.15) is 113 Å². The number of Topliss-reactive ketones (excluding diaryl/α,β-unsaturated/α-hetero) is 2. The number of carbonyl (C=O) groups excluding carboxylic acids is 17. The van der Waals surface area contributed by atoms with Gasteiger partial charge in [0, 0.05) is 107 Å². The Morgan fingerprint density at radius 1 is 0.479 bits per heavy atom. The summed E-state index contributed by atoms with van der Waals surface area (Å²) in [4.78, 5) is 218. The van der Waals surface area contributed by atoms with E-state index in [0.29, 0.717) is 28.4 Å². The molecule has 55 heteroatoms. The van der Waals surface area contributed by atoms with Gasteiger partial charge in [0.05, 0.1) is 210 Å². The Kier molecular flexibility index (Phi) is 57.7. The number of benzene rings is 2. The van der Waals surface area contributed by atoms with Crippen LogP contribution in [0.5, 0.6) is 23.0 Å². The number of amides is 13. The number of ether oxygens (including phenoxy) is 14. The molecular weight excluding hydrogens is 1950 g/mol. The highest BCUT2D eigenvalue weighted by atomic mass is 32.1. The summed E-state index contributed by atoms with van der Waals surface area (Å²) in [6.07, 6.45) is -19.6. The molecule has 19 N–H and O–H groups in total. The Hall–Kier alpha value is -11.6. The molecule has 1 fully saturated rings. The van der Waals surface area contributed by atoms with Gasteiger partial charge in [-0.1, -0.05) is 0 Å². The highest BCUT2D eigenvalue weighted by molar-refractivity contribution is 7.20. The Bertz CT molecular complexity index is 4710. The van der Waals surface area contributed by atoms with Gasteiger partial charge in [-0.25, -0.2) is 8.78 Å². The molecule has 1 unspecified atom stereocenters. The molecule has 0 saturated carbocycles. The second kappa shape index (κ2) is 68.6. The first-order chi connectivity index (χ1) is 69.3. The predicted octanol–water partition coefficient (Wildman–Crippen LogP) is -7.66. The molecule has 0 bridgehead atoms. The van der Waals surface area contributed by atoms with Crippen LogP contribution in [0.25, 0.3) is 10.1 Å². The summed E-state index contributed by atoms with van der Waals surface area (Å²) in [7, 11) is 2.61. The van der Waals surface area contributed by atoms with Crippen molar-refractivity contribution in [3.8, 4) is 23.0 Å². The molecule has 808 valence electrons. The second-order valence-corrected chi connectivity index (χ2v) is 32.9. The predicted molar refractivity (Wildman–Crippen MR) is 491 cm³/mol. The second-order valence-electron chi connectivity index (χ2n) is 31.8. The van der Waals surface area contributed by atoms with Crippen LogP contribution in [0.3, 0.4) is 0 Å². The Labute approximate surface area is 830 Å². The minimum Gasteiger partial charge on any atom is -0.493 e. The molecule has 13 amide bonds. The number of likely N-dealkylation sites (tertiary alicyclic amines) is 1. The van der Waals surface area contributed by atoms with Crippen molar-refractivity contribution in [2.24, 2.45) is 0 Å². The first-order valence-electron chi connectivity index (χ1n) is 46.7. The monoisotopic (exact) mass is 2080 g/mol. The van der Waals surface area contributed by atoms with E-state index in [1.54, 1.807) is 6.92 Å². The number of esters is 2. The van der Waals surface area contributed by atoms with Crippen molar-refractivity contribution < 1.29 is 204 Å². The number of carbonyl (C=O) groups is 17. The molecule has 2 aromatic carbocycles. The largest absolute Gasteiger partial charge is 0.493 e. The van der Waals surface area contributed by atoms with Gasteiger partial charge in [0.25, 0.3) is 0 Å². The van der Waals surface area contributed by atoms with Crippen molar-refractivity contribution >= 4 is 122 Å². The molecule has 144 heavy (non-hydrogen) atoms. The number of methoxy groups -OCH3 is 2. The average molecular weight is 2080 g/mol. The summed E-state index contributed by atoms with van der Waals surface area (Å²) in [5, 5.41) is 110. The molecule has 2 aliphatic rings. The third-order valence-corrected chi connectivity index (χ3v) is 21.9. The summed E-state index contributed by atoms with van der Waals surface area (Å²) >= 11 is 1.03. The molecule has 3 heterocycles. The molecule has 1 aromatic heterocycles. The normalized spacial score (nSPS) is 14.9. The number of ketones is 2. The van der Waals surface area contributed by atoms with Gasteiger partial charge in [0.15, 0.2) is 46.2 Å². The van der Waals surface area contributed by atoms with Crippen LogP contribution in [-0.2, 0) is 137 Å². The number of halogens is 2. The summed E-state index contributed by atoms with van der Waals surface area (Å²) in [6, 6.07) is 1.36. The van der Waals surface area contributed by atoms with Gasteiger partial charge >= 0.3 is 11.9 Å². The summed E-state index contributed by atoms with van der Waals surface area (Å²) in [5.41, 5.74) is 0.548. The van der Waals surface area contributed by atoms with Gasteiger partial charge < -0.3 is 170 Å². The van der Waals surface area contributed by atoms with E-state index in [1.807, 2.05) is 0 Å². The fourth-order valence-corrected chi connectivity index (χ4v) is 14.0. The molecule has 0 spiro atoms. The van der Waals surface area contributed by atoms with Crippen molar-refractivity contribution in [3.05, 3.63) is 45.8 Å². The van der Waals surface area contributed by atoms with Crippen molar-refractivity contribution in [2.75, 3.05) is 212 Å². The van der Waals surface area contributed by atoms with Crippen molar-refractivity contribution in [1.29, 1.82) is 0 Å². The molecule has 0 radical (unpaired) electrons. The Morgan fingerprint density at radius 3 is 1.48 bits per heavy atom. The average Bonchev–Trinajstić information content (AvgIpc) is 1.65. The van der Waals surface area contributed by atoms with Gasteiger partial charge in [-0.2, -0.15) is 0 Å². The van der Waals surface area contributed by atoms with Crippen LogP contribution in [0, 0.1) is 11.6 Å². The first kappa shape index (κ1) is 121. The number of nitrogens with zero attached hydrogens (tertiary/aromatic N) is 2. The molecule has 5 rings (SSSR count). The molecule has 11 atom stereocenters. The van der Waals surface area contributed by atoms with E-state index in [4.69, 9.17) is 77.9 Å². The molecule has 2 aliphatic heterocycles. The van der Waals surface area contributed by atoms with Crippen LogP contribution in [0.4, 0.5) is 8.78 Å². The maximum Gasteiger partial charge on any atom is 0.306 e. The number of aliphatic hydroxyl groups is 9. The number of rotatable bonds is 78. The summed E-state index contributed by atoms with van der Waals surface area (Å²) in [5.74, 6) is -15.8. The molecule has 3 aromatic rings. The number of imide groups is 1. The third-order valence-electron chi connectivity index (χ3n) is 20.8. The Balaban J connectivity index is 0.849. The van der Waals surface area contributed by atoms with Gasteiger partial charge in [-0.05, 0) is 44.4 Å². The molecular formula is C89H132F2N12O40S. The smallest absolute Gasteiger partial charge is 0.306 e. The van der Waals surface area contributed by atoms with Crippen molar-refractivity contribution in [2.45, 2.75) is 165 Å². The number of thiophene rings is 1. The Morgan fingerprint density at radius 2 is 0.958 bits per heavy atom. The minimum absolute atomic E-state index is 0.0210. The lowest BCUT2D eigenvalue weighted by molar-refractivity contribution is -0.150. The SMILES string of the molecule is [3H]C1CC(=O)N(CC(=O)N[C@@H](CCC(=O)NC[C@H](C)OC(=O)CCC(=O)N2Cc3cc(OC)c(OCCCOc4c(OC)cc5sc(C(=O)CCC(=O)OCC)cc5c4F)c(F)c3C2)C(=O)NCC(=O)NCC(=O)NCC(=O)NCC(=O)NCCOCCOCCOCCOCCOCCOCCOCCOCCC(=O)N[C@@H](CCC(=O)NC[C@H](O)[C@@H](O)[C@H](O)[C@H](O)CO)C(=O)NC[C@H](O)[C@@H](O)C(=O)[C@H](O)CO)C1=O. The quantitative estimate of drug-likeness (QED) is 0.0108. The van der Waals surface area contributed by atoms with Crippen LogP contribution >= 0.6 is 11.3 Å². The van der Waals surface area contributed by atoms with E-state index in [9.17, 15) is 117 Å². The lowest BCUT2D eigenvalue weighted by Gasteiger charge is -2.25. The van der Waals surface area contributed by atoms with Gasteiger partial charge in [0.2, 0.25) is 76.8 Å². The fraction of sp³-hybridized carbons (Fsp3) is 0.652. The highest BCUT2D eigenvalue weighted by Gasteiger charge is 2.37. The summed E-state index contributed by atoms with van der Waals surface area (Å²) < 4.78 is 116. The van der Waals surface area contributed by atoms with Crippen LogP contribution < -0.4 is 72.1 Å². The van der Waals surface area contributed by atoms with E-state index >= 15 is 8.78 Å². The number of hydrogen-bond donors (Lipinski definition) is 19. The van der Waals surface area contributed by atoms with E-state index in [-0.39, 0.29) is 222 Å². The fourth-order valence-electron chi connectivity index (χ4n) is 12.9. The van der Waals surface area contributed by atoms with E-state index < -0.39 is 265 Å².